The fourth-order valence-corrected chi connectivity index (χ4v) is 5.59. The molecule has 4 rings (SSSR count). The third kappa shape index (κ3) is 3.84. The summed E-state index contributed by atoms with van der Waals surface area (Å²) < 4.78 is 5.49. The number of methoxy groups -OCH3 is 1. The van der Waals surface area contributed by atoms with E-state index in [1.165, 1.54) is 70.1 Å². The molecule has 0 aromatic heterocycles. The van der Waals surface area contributed by atoms with Crippen LogP contribution in [0.15, 0.2) is 30.3 Å². The highest BCUT2D eigenvalue weighted by Crippen LogP contribution is 2.37. The topological polar surface area (TPSA) is 15.7 Å². The zero-order chi connectivity index (χ0) is 17.8. The number of rotatable bonds is 5. The van der Waals surface area contributed by atoms with Gasteiger partial charge in [-0.3, -0.25) is 9.80 Å². The van der Waals surface area contributed by atoms with E-state index in [-0.39, 0.29) is 0 Å². The Kier molecular flexibility index (Phi) is 5.96. The summed E-state index contributed by atoms with van der Waals surface area (Å²) in [5.41, 5.74) is 1.18. The van der Waals surface area contributed by atoms with Crippen LogP contribution in [0, 0.1) is 5.92 Å². The summed E-state index contributed by atoms with van der Waals surface area (Å²) in [7, 11) is 1.76. The second-order valence-electron chi connectivity index (χ2n) is 8.27. The Morgan fingerprint density at radius 2 is 1.85 bits per heavy atom. The fraction of sp³-hybridized carbons (Fsp3) is 0.652. The van der Waals surface area contributed by atoms with Crippen LogP contribution in [-0.4, -0.2) is 55.2 Å². The quantitative estimate of drug-likeness (QED) is 0.777. The highest BCUT2D eigenvalue weighted by atomic mass is 16.5. The predicted molar refractivity (Wildman–Crippen MR) is 109 cm³/mol. The van der Waals surface area contributed by atoms with Gasteiger partial charge in [-0.15, -0.1) is 0 Å². The van der Waals surface area contributed by atoms with E-state index in [0.717, 1.165) is 30.3 Å². The number of hydrogen-bond acceptors (Lipinski definition) is 3. The molecular weight excluding hydrogens is 320 g/mol. The molecular formula is C23H34N2O. The van der Waals surface area contributed by atoms with Crippen LogP contribution in [0.25, 0.3) is 6.08 Å². The van der Waals surface area contributed by atoms with Crippen molar-refractivity contribution in [3.63, 3.8) is 0 Å². The molecule has 3 nitrogen and oxygen atoms in total. The second kappa shape index (κ2) is 8.58. The molecule has 26 heavy (non-hydrogen) atoms. The van der Waals surface area contributed by atoms with Crippen LogP contribution in [-0.2, 0) is 0 Å². The Hall–Kier alpha value is -1.32. The maximum Gasteiger partial charge on any atom is 0.126 e. The second-order valence-corrected chi connectivity index (χ2v) is 8.27. The van der Waals surface area contributed by atoms with Gasteiger partial charge in [0.25, 0.3) is 0 Å². The molecule has 1 aromatic rings. The molecule has 1 saturated carbocycles. The van der Waals surface area contributed by atoms with Gasteiger partial charge in [-0.1, -0.05) is 49.6 Å². The molecule has 2 unspecified atom stereocenters. The normalized spacial score (nSPS) is 28.5. The van der Waals surface area contributed by atoms with Crippen molar-refractivity contribution in [3.05, 3.63) is 35.9 Å². The summed E-state index contributed by atoms with van der Waals surface area (Å²) in [5, 5.41) is 0. The summed E-state index contributed by atoms with van der Waals surface area (Å²) >= 11 is 0. The number of benzene rings is 1. The Morgan fingerprint density at radius 1 is 1.00 bits per heavy atom. The standard InChI is InChI=1S/C23H34N2O/c1-26-22-14-6-5-9-19(22)12-7-16-25-18-17-24-15-8-13-21(24)23(25)20-10-3-2-4-11-20/h5-7,9,12,14,20-21,23H,2-4,8,10-11,13,15-18H2,1H3. The first-order valence-electron chi connectivity index (χ1n) is 10.6. The zero-order valence-electron chi connectivity index (χ0n) is 16.3. The highest BCUT2D eigenvalue weighted by Gasteiger charge is 2.42. The van der Waals surface area contributed by atoms with Crippen LogP contribution >= 0.6 is 0 Å². The summed E-state index contributed by atoms with van der Waals surface area (Å²) in [6, 6.07) is 9.89. The monoisotopic (exact) mass is 354 g/mol. The molecule has 1 aromatic carbocycles. The lowest BCUT2D eigenvalue weighted by molar-refractivity contribution is 0.00831. The molecule has 1 aliphatic carbocycles. The van der Waals surface area contributed by atoms with Gasteiger partial charge >= 0.3 is 0 Å². The molecule has 142 valence electrons. The minimum Gasteiger partial charge on any atom is -0.496 e. The molecule has 0 spiro atoms. The third-order valence-corrected chi connectivity index (χ3v) is 6.81. The van der Waals surface area contributed by atoms with Crippen molar-refractivity contribution in [2.24, 2.45) is 5.92 Å². The number of fused-ring (bicyclic) bond motifs is 1. The molecule has 2 heterocycles. The zero-order valence-corrected chi connectivity index (χ0v) is 16.3. The molecule has 0 bridgehead atoms. The summed E-state index contributed by atoms with van der Waals surface area (Å²) in [6.07, 6.45) is 14.6. The molecule has 0 amide bonds. The van der Waals surface area contributed by atoms with Crippen molar-refractivity contribution in [1.29, 1.82) is 0 Å². The third-order valence-electron chi connectivity index (χ3n) is 6.81. The Bertz CT molecular complexity index is 608. The smallest absolute Gasteiger partial charge is 0.126 e. The van der Waals surface area contributed by atoms with Gasteiger partial charge in [0.2, 0.25) is 0 Å². The van der Waals surface area contributed by atoms with E-state index >= 15 is 0 Å². The first kappa shape index (κ1) is 18.1. The van der Waals surface area contributed by atoms with Gasteiger partial charge in [0, 0.05) is 37.3 Å². The van der Waals surface area contributed by atoms with Crippen molar-refractivity contribution in [3.8, 4) is 5.75 Å². The van der Waals surface area contributed by atoms with Crippen LogP contribution in [0.3, 0.4) is 0 Å². The number of ether oxygens (including phenoxy) is 1. The number of piperazine rings is 1. The van der Waals surface area contributed by atoms with Crippen molar-refractivity contribution >= 4 is 6.08 Å². The fourth-order valence-electron chi connectivity index (χ4n) is 5.59. The SMILES string of the molecule is COc1ccccc1C=CCN1CCN2CCCC2C1C1CCCCC1. The number of para-hydroxylation sites is 1. The van der Waals surface area contributed by atoms with Crippen molar-refractivity contribution in [2.45, 2.75) is 57.0 Å². The van der Waals surface area contributed by atoms with Crippen LogP contribution in [0.5, 0.6) is 5.75 Å². The maximum absolute atomic E-state index is 5.49. The van der Waals surface area contributed by atoms with Crippen LogP contribution in [0.2, 0.25) is 0 Å². The molecule has 3 fully saturated rings. The Balaban J connectivity index is 1.47. The molecule has 3 aliphatic rings. The van der Waals surface area contributed by atoms with Gasteiger partial charge < -0.3 is 4.74 Å². The van der Waals surface area contributed by atoms with E-state index in [1.807, 2.05) is 12.1 Å². The summed E-state index contributed by atoms with van der Waals surface area (Å²) in [5.74, 6) is 1.88. The van der Waals surface area contributed by atoms with Gasteiger partial charge in [-0.2, -0.15) is 0 Å². The molecule has 0 N–H and O–H groups in total. The predicted octanol–water partition coefficient (Wildman–Crippen LogP) is 4.44. The van der Waals surface area contributed by atoms with Gasteiger partial charge in [0.15, 0.2) is 0 Å². The van der Waals surface area contributed by atoms with E-state index in [0.29, 0.717) is 0 Å². The number of nitrogens with zero attached hydrogens (tertiary/aromatic N) is 2. The summed E-state index contributed by atoms with van der Waals surface area (Å²) in [6.45, 7) is 4.90. The van der Waals surface area contributed by atoms with E-state index in [9.17, 15) is 0 Å². The minimum atomic E-state index is 0.772. The van der Waals surface area contributed by atoms with Gasteiger partial charge in [-0.05, 0) is 44.2 Å². The average Bonchev–Trinajstić information content (AvgIpc) is 3.17. The molecule has 3 heteroatoms. The molecule has 2 aliphatic heterocycles. The van der Waals surface area contributed by atoms with E-state index in [1.54, 1.807) is 7.11 Å². The van der Waals surface area contributed by atoms with Crippen molar-refractivity contribution < 1.29 is 4.74 Å². The summed E-state index contributed by atoms with van der Waals surface area (Å²) in [4.78, 5) is 5.59. The number of hydrogen-bond donors (Lipinski definition) is 0. The lowest BCUT2D eigenvalue weighted by Gasteiger charge is -2.49. The van der Waals surface area contributed by atoms with Crippen molar-refractivity contribution in [1.82, 2.24) is 9.80 Å². The highest BCUT2D eigenvalue weighted by molar-refractivity contribution is 5.57. The Morgan fingerprint density at radius 3 is 2.69 bits per heavy atom. The van der Waals surface area contributed by atoms with Crippen LogP contribution < -0.4 is 4.74 Å². The first-order chi connectivity index (χ1) is 12.9. The van der Waals surface area contributed by atoms with Gasteiger partial charge in [0.05, 0.1) is 7.11 Å². The lowest BCUT2D eigenvalue weighted by Crippen LogP contribution is -2.60. The molecule has 0 radical (unpaired) electrons. The van der Waals surface area contributed by atoms with Crippen molar-refractivity contribution in [2.75, 3.05) is 33.3 Å². The lowest BCUT2D eigenvalue weighted by atomic mass is 9.78. The van der Waals surface area contributed by atoms with E-state index < -0.39 is 0 Å². The Labute approximate surface area is 159 Å². The largest absolute Gasteiger partial charge is 0.496 e. The minimum absolute atomic E-state index is 0.772. The molecule has 2 atom stereocenters. The van der Waals surface area contributed by atoms with E-state index in [4.69, 9.17) is 4.74 Å². The average molecular weight is 355 g/mol. The maximum atomic E-state index is 5.49. The molecule has 2 saturated heterocycles. The van der Waals surface area contributed by atoms with Crippen LogP contribution in [0.4, 0.5) is 0 Å². The van der Waals surface area contributed by atoms with Gasteiger partial charge in [-0.25, -0.2) is 0 Å². The van der Waals surface area contributed by atoms with Crippen LogP contribution in [0.1, 0.15) is 50.5 Å². The van der Waals surface area contributed by atoms with E-state index in [2.05, 4.69) is 34.1 Å². The first-order valence-corrected chi connectivity index (χ1v) is 10.6. The van der Waals surface area contributed by atoms with Gasteiger partial charge in [0.1, 0.15) is 5.75 Å².